The summed E-state index contributed by atoms with van der Waals surface area (Å²) in [5.74, 6) is 0. The van der Waals surface area contributed by atoms with Crippen LogP contribution in [0.2, 0.25) is 10.0 Å². The highest BCUT2D eigenvalue weighted by Gasteiger charge is 2.08. The minimum absolute atomic E-state index is 0.523. The molecule has 0 fully saturated rings. The third kappa shape index (κ3) is 3.27. The Morgan fingerprint density at radius 2 is 1.76 bits per heavy atom. The van der Waals surface area contributed by atoms with Crippen molar-refractivity contribution in [3.05, 3.63) is 63.5 Å². The van der Waals surface area contributed by atoms with Crippen LogP contribution < -0.4 is 5.73 Å². The monoisotopic (exact) mass is 334 g/mol. The van der Waals surface area contributed by atoms with Crippen LogP contribution in [0.25, 0.3) is 21.8 Å². The molecule has 2 N–H and O–H groups in total. The van der Waals surface area contributed by atoms with Gasteiger partial charge >= 0.3 is 0 Å². The molecule has 0 radical (unpaired) electrons. The molecular formula is C16H12Cl2N2S. The molecule has 5 heteroatoms. The van der Waals surface area contributed by atoms with Crippen molar-refractivity contribution >= 4 is 34.5 Å². The topological polar surface area (TPSA) is 38.9 Å². The van der Waals surface area contributed by atoms with Crippen LogP contribution in [0.15, 0.2) is 47.8 Å². The van der Waals surface area contributed by atoms with Crippen molar-refractivity contribution in [3.8, 4) is 21.8 Å². The molecule has 21 heavy (non-hydrogen) atoms. The van der Waals surface area contributed by atoms with Crippen molar-refractivity contribution < 1.29 is 0 Å². The highest BCUT2D eigenvalue weighted by Crippen LogP contribution is 2.32. The Morgan fingerprint density at radius 3 is 2.48 bits per heavy atom. The normalized spacial score (nSPS) is 10.8. The lowest BCUT2D eigenvalue weighted by Gasteiger charge is -2.01. The van der Waals surface area contributed by atoms with E-state index in [4.69, 9.17) is 28.9 Å². The van der Waals surface area contributed by atoms with Crippen molar-refractivity contribution in [1.82, 2.24) is 4.98 Å². The predicted octanol–water partition coefficient (Wildman–Crippen LogP) is 5.24. The van der Waals surface area contributed by atoms with E-state index in [-0.39, 0.29) is 0 Å². The summed E-state index contributed by atoms with van der Waals surface area (Å²) in [5.41, 5.74) is 9.69. The average Bonchev–Trinajstić information content (AvgIpc) is 2.96. The predicted molar refractivity (Wildman–Crippen MR) is 90.9 cm³/mol. The molecule has 3 aromatic rings. The van der Waals surface area contributed by atoms with Gasteiger partial charge in [-0.3, -0.25) is 0 Å². The van der Waals surface area contributed by atoms with Gasteiger partial charge in [-0.15, -0.1) is 11.3 Å². The van der Waals surface area contributed by atoms with Gasteiger partial charge in [0.15, 0.2) is 0 Å². The number of thiazole rings is 1. The van der Waals surface area contributed by atoms with Crippen molar-refractivity contribution in [2.75, 3.05) is 0 Å². The number of rotatable bonds is 3. The Balaban J connectivity index is 1.99. The van der Waals surface area contributed by atoms with Crippen LogP contribution in [0.3, 0.4) is 0 Å². The van der Waals surface area contributed by atoms with Gasteiger partial charge < -0.3 is 5.73 Å². The third-order valence-electron chi connectivity index (χ3n) is 3.07. The Labute approximate surface area is 137 Å². The van der Waals surface area contributed by atoms with Gasteiger partial charge in [-0.25, -0.2) is 4.98 Å². The summed E-state index contributed by atoms with van der Waals surface area (Å²) in [6.07, 6.45) is 0. The van der Waals surface area contributed by atoms with Crippen molar-refractivity contribution in [1.29, 1.82) is 0 Å². The number of benzene rings is 2. The lowest BCUT2D eigenvalue weighted by Crippen LogP contribution is -1.95. The fourth-order valence-corrected chi connectivity index (χ4v) is 3.42. The summed E-state index contributed by atoms with van der Waals surface area (Å²) in [6.45, 7) is 0.523. The van der Waals surface area contributed by atoms with E-state index in [9.17, 15) is 0 Å². The molecule has 0 amide bonds. The average molecular weight is 335 g/mol. The number of halogens is 2. The summed E-state index contributed by atoms with van der Waals surface area (Å²) in [7, 11) is 0. The molecule has 0 atom stereocenters. The smallest absolute Gasteiger partial charge is 0.124 e. The molecule has 0 unspecified atom stereocenters. The summed E-state index contributed by atoms with van der Waals surface area (Å²) in [4.78, 5) is 4.67. The number of hydrogen-bond acceptors (Lipinski definition) is 3. The summed E-state index contributed by atoms with van der Waals surface area (Å²) >= 11 is 13.7. The number of nitrogens with zero attached hydrogens (tertiary/aromatic N) is 1. The summed E-state index contributed by atoms with van der Waals surface area (Å²) < 4.78 is 0. The second kappa shape index (κ2) is 6.16. The largest absolute Gasteiger partial charge is 0.326 e. The van der Waals surface area contributed by atoms with E-state index in [1.54, 1.807) is 17.4 Å². The van der Waals surface area contributed by atoms with Crippen LogP contribution in [0, 0.1) is 0 Å². The number of nitrogens with two attached hydrogens (primary N) is 1. The minimum atomic E-state index is 0.523. The van der Waals surface area contributed by atoms with Gasteiger partial charge in [-0.05, 0) is 29.8 Å². The van der Waals surface area contributed by atoms with E-state index in [1.165, 1.54) is 0 Å². The molecule has 0 aliphatic carbocycles. The van der Waals surface area contributed by atoms with E-state index in [0.29, 0.717) is 16.6 Å². The molecule has 0 saturated carbocycles. The van der Waals surface area contributed by atoms with Gasteiger partial charge in [-0.1, -0.05) is 41.4 Å². The maximum Gasteiger partial charge on any atom is 0.124 e. The molecule has 2 nitrogen and oxygen atoms in total. The maximum atomic E-state index is 6.04. The van der Waals surface area contributed by atoms with E-state index < -0.39 is 0 Å². The van der Waals surface area contributed by atoms with Crippen LogP contribution >= 0.6 is 34.5 Å². The third-order valence-corrected chi connectivity index (χ3v) is 4.40. The van der Waals surface area contributed by atoms with Crippen molar-refractivity contribution in [2.45, 2.75) is 6.54 Å². The first kappa shape index (κ1) is 14.5. The van der Waals surface area contributed by atoms with Gasteiger partial charge in [0.2, 0.25) is 0 Å². The standard InChI is InChI=1S/C16H12Cl2N2S/c17-13-5-12(6-14(18)7-13)16-20-15(9-21-16)11-3-1-2-10(4-11)8-19/h1-7,9H,8,19H2. The molecule has 1 aromatic heterocycles. The number of aromatic nitrogens is 1. The molecule has 106 valence electrons. The molecule has 0 aliphatic rings. The first-order valence-corrected chi connectivity index (χ1v) is 8.00. The molecule has 0 saturated heterocycles. The molecule has 0 spiro atoms. The Hall–Kier alpha value is -1.39. The first-order valence-electron chi connectivity index (χ1n) is 6.37. The second-order valence-corrected chi connectivity index (χ2v) is 6.33. The second-order valence-electron chi connectivity index (χ2n) is 4.60. The van der Waals surface area contributed by atoms with E-state index in [2.05, 4.69) is 11.1 Å². The van der Waals surface area contributed by atoms with Gasteiger partial charge in [0, 0.05) is 33.1 Å². The zero-order valence-electron chi connectivity index (χ0n) is 11.0. The fraction of sp³-hybridized carbons (Fsp3) is 0.0625. The lowest BCUT2D eigenvalue weighted by molar-refractivity contribution is 1.07. The minimum Gasteiger partial charge on any atom is -0.326 e. The van der Waals surface area contributed by atoms with Crippen molar-refractivity contribution in [2.24, 2.45) is 5.73 Å². The van der Waals surface area contributed by atoms with Crippen LogP contribution in [0.5, 0.6) is 0 Å². The highest BCUT2D eigenvalue weighted by molar-refractivity contribution is 7.13. The fourth-order valence-electron chi connectivity index (χ4n) is 2.07. The van der Waals surface area contributed by atoms with E-state index >= 15 is 0 Å². The summed E-state index contributed by atoms with van der Waals surface area (Å²) in [6, 6.07) is 13.5. The van der Waals surface area contributed by atoms with Crippen LogP contribution in [-0.2, 0) is 6.54 Å². The molecule has 0 bridgehead atoms. The quantitative estimate of drug-likeness (QED) is 0.711. The highest BCUT2D eigenvalue weighted by atomic mass is 35.5. The van der Waals surface area contributed by atoms with Crippen LogP contribution in [0.1, 0.15) is 5.56 Å². The van der Waals surface area contributed by atoms with Crippen LogP contribution in [0.4, 0.5) is 0 Å². The lowest BCUT2D eigenvalue weighted by atomic mass is 10.1. The molecule has 2 aromatic carbocycles. The first-order chi connectivity index (χ1) is 10.2. The molecular weight excluding hydrogens is 323 g/mol. The van der Waals surface area contributed by atoms with E-state index in [1.807, 2.05) is 35.7 Å². The zero-order chi connectivity index (χ0) is 14.8. The van der Waals surface area contributed by atoms with Crippen LogP contribution in [-0.4, -0.2) is 4.98 Å². The Bertz CT molecular complexity index is 763. The van der Waals surface area contributed by atoms with Gasteiger partial charge in [0.25, 0.3) is 0 Å². The van der Waals surface area contributed by atoms with Gasteiger partial charge in [0.1, 0.15) is 5.01 Å². The molecule has 0 aliphatic heterocycles. The van der Waals surface area contributed by atoms with Crippen molar-refractivity contribution in [3.63, 3.8) is 0 Å². The zero-order valence-corrected chi connectivity index (χ0v) is 13.3. The summed E-state index contributed by atoms with van der Waals surface area (Å²) in [5, 5.41) is 4.14. The molecule has 3 rings (SSSR count). The Morgan fingerprint density at radius 1 is 1.00 bits per heavy atom. The van der Waals surface area contributed by atoms with Gasteiger partial charge in [-0.2, -0.15) is 0 Å². The number of hydrogen-bond donors (Lipinski definition) is 1. The molecule has 1 heterocycles. The van der Waals surface area contributed by atoms with E-state index in [0.717, 1.165) is 27.4 Å². The maximum absolute atomic E-state index is 6.04. The van der Waals surface area contributed by atoms with Gasteiger partial charge in [0.05, 0.1) is 5.69 Å². The SMILES string of the molecule is NCc1cccc(-c2csc(-c3cc(Cl)cc(Cl)c3)n2)c1. The Kier molecular flexibility index (Phi) is 4.27.